The third kappa shape index (κ3) is 13.1. The highest BCUT2D eigenvalue weighted by Crippen LogP contribution is 2.12. The van der Waals surface area contributed by atoms with Gasteiger partial charge in [-0.15, -0.1) is 12.6 Å². The zero-order chi connectivity index (χ0) is 27.1. The van der Waals surface area contributed by atoms with Gasteiger partial charge in [-0.05, 0) is 45.1 Å². The molecule has 0 bridgehead atoms. The molecule has 5 atom stereocenters. The van der Waals surface area contributed by atoms with Crippen molar-refractivity contribution in [2.75, 3.05) is 6.54 Å². The van der Waals surface area contributed by atoms with Crippen molar-refractivity contribution in [2.24, 2.45) is 11.7 Å². The lowest BCUT2D eigenvalue weighted by atomic mass is 9.96. The van der Waals surface area contributed by atoms with Gasteiger partial charge in [0, 0.05) is 13.3 Å². The van der Waals surface area contributed by atoms with Gasteiger partial charge in [0.05, 0.1) is 6.04 Å². The van der Waals surface area contributed by atoms with E-state index < -0.39 is 65.3 Å². The van der Waals surface area contributed by atoms with Crippen molar-refractivity contribution in [3.63, 3.8) is 0 Å². The Morgan fingerprint density at radius 3 is 1.94 bits per heavy atom. The van der Waals surface area contributed by atoms with E-state index in [1.807, 2.05) is 6.92 Å². The highest BCUT2D eigenvalue weighted by molar-refractivity contribution is 7.96. The summed E-state index contributed by atoms with van der Waals surface area (Å²) in [6.45, 7) is 6.64. The molecule has 0 aliphatic carbocycles. The van der Waals surface area contributed by atoms with Crippen LogP contribution in [0.15, 0.2) is 0 Å². The molecule has 0 aliphatic heterocycles. The molecule has 0 fully saturated rings. The van der Waals surface area contributed by atoms with Gasteiger partial charge in [-0.3, -0.25) is 28.8 Å². The monoisotopic (exact) mass is 517 g/mol. The lowest BCUT2D eigenvalue weighted by Crippen LogP contribution is -2.58. The number of carbonyl (C=O) groups excluding carboxylic acids is 5. The minimum Gasteiger partial charge on any atom is -0.481 e. The van der Waals surface area contributed by atoms with Gasteiger partial charge in [-0.25, -0.2) is 0 Å². The molecule has 35 heavy (non-hydrogen) atoms. The van der Waals surface area contributed by atoms with Crippen LogP contribution in [0.2, 0.25) is 0 Å². The maximum Gasteiger partial charge on any atom is 0.303 e. The van der Waals surface area contributed by atoms with E-state index in [0.717, 1.165) is 0 Å². The number of nitrogens with one attached hydrogen (secondary N) is 4. The van der Waals surface area contributed by atoms with Crippen LogP contribution in [0.3, 0.4) is 0 Å². The van der Waals surface area contributed by atoms with Crippen molar-refractivity contribution >= 4 is 47.3 Å². The molecule has 0 rings (SSSR count). The predicted octanol–water partition coefficient (Wildman–Crippen LogP) is -0.538. The number of aliphatic carboxylic acids is 1. The third-order valence-electron chi connectivity index (χ3n) is 5.45. The maximum absolute atomic E-state index is 13.0. The van der Waals surface area contributed by atoms with Gasteiger partial charge in [0.1, 0.15) is 18.1 Å². The third-order valence-corrected chi connectivity index (χ3v) is 5.76. The second-order valence-corrected chi connectivity index (χ2v) is 8.91. The zero-order valence-corrected chi connectivity index (χ0v) is 21.7. The standard InChI is InChI=1S/C22H39N5O7S/c1-5-12(2)18(21(33)26-16(22(34)35)8-6-7-11-23)27-20(32)15(9-10-17(29)30)25-19(31)13(3)24-14(4)28/h12-13,15-16,18H,5-11,23H2,1-4H3,(H,24,28)(H,25,31)(H,26,33)(H,27,32)(H,29,30)(H,34,35)/t12-,13-,15-,16-,18-/m0/s1. The molecule has 0 saturated heterocycles. The van der Waals surface area contributed by atoms with E-state index >= 15 is 0 Å². The van der Waals surface area contributed by atoms with Gasteiger partial charge in [0.15, 0.2) is 0 Å². The number of nitrogens with two attached hydrogens (primary N) is 1. The zero-order valence-electron chi connectivity index (χ0n) is 20.8. The highest BCUT2D eigenvalue weighted by atomic mass is 32.1. The van der Waals surface area contributed by atoms with E-state index in [0.29, 0.717) is 32.2 Å². The molecule has 0 spiro atoms. The minimum atomic E-state index is -1.26. The van der Waals surface area contributed by atoms with Gasteiger partial charge in [-0.1, -0.05) is 20.3 Å². The quantitative estimate of drug-likeness (QED) is 0.0986. The molecule has 0 radical (unpaired) electrons. The average Bonchev–Trinajstić information content (AvgIpc) is 2.77. The summed E-state index contributed by atoms with van der Waals surface area (Å²) in [7, 11) is 0. The number of hydrogen-bond acceptors (Lipinski definition) is 7. The number of unbranched alkanes of at least 4 members (excludes halogenated alkanes) is 1. The second kappa shape index (κ2) is 16.9. The summed E-state index contributed by atoms with van der Waals surface area (Å²) in [6, 6.07) is -4.13. The molecule has 4 amide bonds. The van der Waals surface area contributed by atoms with E-state index in [4.69, 9.17) is 10.8 Å². The van der Waals surface area contributed by atoms with Crippen LogP contribution in [0.5, 0.6) is 0 Å². The van der Waals surface area contributed by atoms with Crippen LogP contribution in [-0.4, -0.2) is 70.5 Å². The Morgan fingerprint density at radius 1 is 0.857 bits per heavy atom. The van der Waals surface area contributed by atoms with Crippen LogP contribution in [0.25, 0.3) is 0 Å². The van der Waals surface area contributed by atoms with Crippen LogP contribution in [0.4, 0.5) is 0 Å². The van der Waals surface area contributed by atoms with Crippen molar-refractivity contribution in [3.05, 3.63) is 0 Å². The Labute approximate surface area is 211 Å². The first-order valence-corrected chi connectivity index (χ1v) is 12.1. The molecule has 0 aromatic carbocycles. The summed E-state index contributed by atoms with van der Waals surface area (Å²) in [6.07, 6.45) is 1.47. The number of thiol groups is 1. The smallest absolute Gasteiger partial charge is 0.303 e. The van der Waals surface area contributed by atoms with Gasteiger partial charge < -0.3 is 32.1 Å². The van der Waals surface area contributed by atoms with E-state index in [1.54, 1.807) is 6.92 Å². The molecular formula is C22H39N5O7S. The summed E-state index contributed by atoms with van der Waals surface area (Å²) in [5, 5.41) is 18.5. The van der Waals surface area contributed by atoms with Crippen molar-refractivity contribution in [2.45, 2.75) is 90.4 Å². The largest absolute Gasteiger partial charge is 0.481 e. The van der Waals surface area contributed by atoms with Crippen LogP contribution in [-0.2, 0) is 28.8 Å². The van der Waals surface area contributed by atoms with E-state index in [2.05, 4.69) is 33.9 Å². The van der Waals surface area contributed by atoms with Gasteiger partial charge in [0.2, 0.25) is 28.7 Å². The first-order chi connectivity index (χ1) is 16.3. The van der Waals surface area contributed by atoms with E-state index in [1.165, 1.54) is 13.8 Å². The molecule has 13 heteroatoms. The predicted molar refractivity (Wildman–Crippen MR) is 132 cm³/mol. The fourth-order valence-electron chi connectivity index (χ4n) is 3.17. The molecule has 0 saturated carbocycles. The second-order valence-electron chi connectivity index (χ2n) is 8.47. The molecule has 0 unspecified atom stereocenters. The Hall–Kier alpha value is -2.67. The summed E-state index contributed by atoms with van der Waals surface area (Å²) in [4.78, 5) is 72.6. The Balaban J connectivity index is 5.58. The summed E-state index contributed by atoms with van der Waals surface area (Å²) in [5.41, 5.74) is 5.48. The van der Waals surface area contributed by atoms with Gasteiger partial charge in [0.25, 0.3) is 0 Å². The summed E-state index contributed by atoms with van der Waals surface area (Å²) < 4.78 is 0. The normalized spacial score (nSPS) is 15.0. The topological polar surface area (TPSA) is 197 Å². The van der Waals surface area contributed by atoms with Crippen molar-refractivity contribution < 1.29 is 33.9 Å². The minimum absolute atomic E-state index is 0.231. The molecule has 0 aromatic heterocycles. The fraction of sp³-hybridized carbons (Fsp3) is 0.727. The van der Waals surface area contributed by atoms with E-state index in [9.17, 15) is 28.8 Å². The number of rotatable bonds is 17. The molecule has 200 valence electrons. The summed E-state index contributed by atoms with van der Waals surface area (Å²) >= 11 is 3.84. The first-order valence-electron chi connectivity index (χ1n) is 11.7. The van der Waals surface area contributed by atoms with Gasteiger partial charge in [-0.2, -0.15) is 0 Å². The maximum atomic E-state index is 13.0. The molecule has 0 aromatic rings. The number of amides is 4. The molecule has 0 aliphatic rings. The van der Waals surface area contributed by atoms with Crippen LogP contribution in [0.1, 0.15) is 66.2 Å². The number of carboxylic acid groups (broad SMARTS) is 1. The number of hydrogen-bond donors (Lipinski definition) is 7. The Morgan fingerprint density at radius 2 is 1.46 bits per heavy atom. The lowest BCUT2D eigenvalue weighted by molar-refractivity contribution is -0.138. The lowest BCUT2D eigenvalue weighted by Gasteiger charge is -2.28. The van der Waals surface area contributed by atoms with Crippen LogP contribution in [0, 0.1) is 5.92 Å². The average molecular weight is 518 g/mol. The summed E-state index contributed by atoms with van der Waals surface area (Å²) in [5.74, 6) is -4.00. The molecule has 7 N–H and O–H groups in total. The molecule has 0 heterocycles. The molecule has 12 nitrogen and oxygen atoms in total. The number of carbonyl (C=O) groups is 6. The number of carboxylic acids is 1. The fourth-order valence-corrected chi connectivity index (χ4v) is 3.36. The van der Waals surface area contributed by atoms with Crippen molar-refractivity contribution in [1.82, 2.24) is 21.3 Å². The van der Waals surface area contributed by atoms with Gasteiger partial charge >= 0.3 is 5.97 Å². The van der Waals surface area contributed by atoms with Crippen molar-refractivity contribution in [3.8, 4) is 0 Å². The Bertz CT molecular complexity index is 764. The van der Waals surface area contributed by atoms with Crippen LogP contribution >= 0.6 is 12.6 Å². The van der Waals surface area contributed by atoms with E-state index in [-0.39, 0.29) is 12.3 Å². The SMILES string of the molecule is CC[C@H](C)[C@H](NC(=O)[C@H](CCC(=O)O)NC(=O)[C@H](C)NC(C)=O)C(=O)N[C@@H](CCCCN)C(=O)S. The Kier molecular flexibility index (Phi) is 15.6. The highest BCUT2D eigenvalue weighted by Gasteiger charge is 2.32. The first kappa shape index (κ1) is 32.3. The van der Waals surface area contributed by atoms with Crippen LogP contribution < -0.4 is 27.0 Å². The molecular weight excluding hydrogens is 478 g/mol. The van der Waals surface area contributed by atoms with Crippen molar-refractivity contribution in [1.29, 1.82) is 0 Å².